The predicted octanol–water partition coefficient (Wildman–Crippen LogP) is 4.47. The fourth-order valence-corrected chi connectivity index (χ4v) is 2.20. The molecule has 94 valence electrons. The quantitative estimate of drug-likeness (QED) is 0.748. The molecule has 17 heavy (non-hydrogen) atoms. The third-order valence-electron chi connectivity index (χ3n) is 2.28. The molecule has 0 saturated carbocycles. The molecule has 0 aliphatic heterocycles. The van der Waals surface area contributed by atoms with Gasteiger partial charge in [-0.25, -0.2) is 0 Å². The van der Waals surface area contributed by atoms with Crippen molar-refractivity contribution in [1.82, 2.24) is 0 Å². The second-order valence-corrected chi connectivity index (χ2v) is 4.66. The van der Waals surface area contributed by atoms with Gasteiger partial charge in [0.25, 0.3) is 0 Å². The predicted molar refractivity (Wildman–Crippen MR) is 63.4 cm³/mol. The molecule has 1 atom stereocenters. The molecule has 0 aromatic heterocycles. The summed E-state index contributed by atoms with van der Waals surface area (Å²) < 4.78 is 38.2. The van der Waals surface area contributed by atoms with Gasteiger partial charge in [-0.15, -0.1) is 11.6 Å². The average molecular weight is 330 g/mol. The molecule has 1 aromatic rings. The molecule has 1 rings (SSSR count). The number of ketones is 1. The zero-order valence-corrected chi connectivity index (χ0v) is 11.2. The molecule has 6 heteroatoms. The molecule has 0 heterocycles. The van der Waals surface area contributed by atoms with Crippen LogP contribution in [0.15, 0.2) is 18.2 Å². The monoisotopic (exact) mass is 328 g/mol. The molecule has 0 bridgehead atoms. The fourth-order valence-electron chi connectivity index (χ4n) is 1.48. The van der Waals surface area contributed by atoms with Crippen LogP contribution in [-0.2, 0) is 16.9 Å². The lowest BCUT2D eigenvalue weighted by Crippen LogP contribution is -2.13. The first-order chi connectivity index (χ1) is 7.79. The summed E-state index contributed by atoms with van der Waals surface area (Å²) >= 11 is 8.63. The molecule has 0 aliphatic rings. The van der Waals surface area contributed by atoms with Gasteiger partial charge in [-0.3, -0.25) is 4.79 Å². The summed E-state index contributed by atoms with van der Waals surface area (Å²) in [6, 6.07) is 3.69. The number of carbonyl (C=O) groups excluding carboxylic acids is 1. The fraction of sp³-hybridized carbons (Fsp3) is 0.364. The molecule has 0 N–H and O–H groups in total. The SMILES string of the molecule is CC(=O)C(Br)c1cccc(C(F)(F)F)c1CCl. The number of rotatable bonds is 3. The Morgan fingerprint density at radius 3 is 2.47 bits per heavy atom. The number of carbonyl (C=O) groups is 1. The topological polar surface area (TPSA) is 17.1 Å². The Hall–Kier alpha value is -0.550. The Balaban J connectivity index is 3.39. The highest BCUT2D eigenvalue weighted by molar-refractivity contribution is 9.09. The second kappa shape index (κ2) is 5.40. The zero-order valence-electron chi connectivity index (χ0n) is 8.81. The zero-order chi connectivity index (χ0) is 13.2. The highest BCUT2D eigenvalue weighted by atomic mass is 79.9. The molecule has 1 nitrogen and oxygen atoms in total. The van der Waals surface area contributed by atoms with Crippen LogP contribution in [0.3, 0.4) is 0 Å². The average Bonchev–Trinajstić information content (AvgIpc) is 2.25. The summed E-state index contributed by atoms with van der Waals surface area (Å²) in [6.07, 6.45) is -4.47. The van der Waals surface area contributed by atoms with Crippen molar-refractivity contribution >= 4 is 33.3 Å². The first-order valence-electron chi connectivity index (χ1n) is 4.68. The lowest BCUT2D eigenvalue weighted by molar-refractivity contribution is -0.138. The van der Waals surface area contributed by atoms with Crippen molar-refractivity contribution < 1.29 is 18.0 Å². The lowest BCUT2D eigenvalue weighted by atomic mass is 9.98. The molecule has 0 aliphatic carbocycles. The van der Waals surface area contributed by atoms with Crippen LogP contribution in [0.2, 0.25) is 0 Å². The standard InChI is InChI=1S/C11H9BrClF3O/c1-6(17)10(12)7-3-2-4-9(8(7)5-13)11(14,15)16/h2-4,10H,5H2,1H3. The Bertz CT molecular complexity index is 431. The van der Waals surface area contributed by atoms with E-state index in [1.165, 1.54) is 19.1 Å². The summed E-state index contributed by atoms with van der Waals surface area (Å²) in [6.45, 7) is 1.30. The molecule has 1 aromatic carbocycles. The van der Waals surface area contributed by atoms with E-state index in [0.717, 1.165) is 6.07 Å². The van der Waals surface area contributed by atoms with Crippen molar-refractivity contribution in [3.8, 4) is 0 Å². The van der Waals surface area contributed by atoms with E-state index in [1.807, 2.05) is 0 Å². The van der Waals surface area contributed by atoms with Gasteiger partial charge < -0.3 is 0 Å². The number of benzene rings is 1. The maximum Gasteiger partial charge on any atom is 0.416 e. The molecule has 0 amide bonds. The number of hydrogen-bond acceptors (Lipinski definition) is 1. The largest absolute Gasteiger partial charge is 0.416 e. The molecule has 0 saturated heterocycles. The highest BCUT2D eigenvalue weighted by Gasteiger charge is 2.34. The van der Waals surface area contributed by atoms with E-state index in [1.54, 1.807) is 0 Å². The van der Waals surface area contributed by atoms with Gasteiger partial charge in [0.05, 0.1) is 10.4 Å². The van der Waals surface area contributed by atoms with Gasteiger partial charge in [0, 0.05) is 5.88 Å². The van der Waals surface area contributed by atoms with Crippen molar-refractivity contribution in [2.24, 2.45) is 0 Å². The van der Waals surface area contributed by atoms with Gasteiger partial charge in [0.1, 0.15) is 5.78 Å². The maximum absolute atomic E-state index is 12.7. The molecule has 0 radical (unpaired) electrons. The lowest BCUT2D eigenvalue weighted by Gasteiger charge is -2.17. The first kappa shape index (κ1) is 14.5. The van der Waals surface area contributed by atoms with Crippen molar-refractivity contribution in [2.45, 2.75) is 23.8 Å². The van der Waals surface area contributed by atoms with Gasteiger partial charge in [0.2, 0.25) is 0 Å². The van der Waals surface area contributed by atoms with Crippen LogP contribution in [0.5, 0.6) is 0 Å². The van der Waals surface area contributed by atoms with E-state index in [2.05, 4.69) is 15.9 Å². The van der Waals surface area contributed by atoms with Gasteiger partial charge in [-0.1, -0.05) is 28.1 Å². The van der Waals surface area contributed by atoms with E-state index >= 15 is 0 Å². The van der Waals surface area contributed by atoms with E-state index in [4.69, 9.17) is 11.6 Å². The van der Waals surface area contributed by atoms with Gasteiger partial charge in [-0.05, 0) is 24.1 Å². The molecule has 1 unspecified atom stereocenters. The minimum absolute atomic E-state index is 0.0567. The van der Waals surface area contributed by atoms with Crippen LogP contribution in [0, 0.1) is 0 Å². The van der Waals surface area contributed by atoms with Crippen LogP contribution >= 0.6 is 27.5 Å². The Morgan fingerprint density at radius 1 is 1.47 bits per heavy atom. The van der Waals surface area contributed by atoms with E-state index in [0.29, 0.717) is 0 Å². The summed E-state index contributed by atoms with van der Waals surface area (Å²) in [5.41, 5.74) is -0.586. The van der Waals surface area contributed by atoms with Gasteiger partial charge >= 0.3 is 6.18 Å². The molecular weight excluding hydrogens is 320 g/mol. The Morgan fingerprint density at radius 2 is 2.06 bits per heavy atom. The summed E-state index contributed by atoms with van der Waals surface area (Å²) in [4.78, 5) is 10.4. The minimum atomic E-state index is -4.47. The maximum atomic E-state index is 12.7. The third kappa shape index (κ3) is 3.22. The molecule has 0 fully saturated rings. The van der Waals surface area contributed by atoms with Crippen LogP contribution in [0.25, 0.3) is 0 Å². The Kier molecular flexibility index (Phi) is 4.61. The first-order valence-corrected chi connectivity index (χ1v) is 6.13. The highest BCUT2D eigenvalue weighted by Crippen LogP contribution is 2.37. The van der Waals surface area contributed by atoms with E-state index in [9.17, 15) is 18.0 Å². The van der Waals surface area contributed by atoms with Crippen molar-refractivity contribution in [3.05, 3.63) is 34.9 Å². The van der Waals surface area contributed by atoms with Crippen LogP contribution < -0.4 is 0 Å². The molecular formula is C11H9BrClF3O. The normalized spacial score (nSPS) is 13.5. The third-order valence-corrected chi connectivity index (χ3v) is 3.69. The summed E-state index contributed by atoms with van der Waals surface area (Å²) in [5, 5.41) is 0. The van der Waals surface area contributed by atoms with Crippen LogP contribution in [0.4, 0.5) is 13.2 Å². The van der Waals surface area contributed by atoms with Gasteiger partial charge in [-0.2, -0.15) is 13.2 Å². The summed E-state index contributed by atoms with van der Waals surface area (Å²) in [7, 11) is 0. The van der Waals surface area contributed by atoms with Crippen molar-refractivity contribution in [3.63, 3.8) is 0 Å². The van der Waals surface area contributed by atoms with Gasteiger partial charge in [0.15, 0.2) is 0 Å². The smallest absolute Gasteiger partial charge is 0.298 e. The second-order valence-electron chi connectivity index (χ2n) is 3.48. The molecule has 0 spiro atoms. The number of alkyl halides is 5. The minimum Gasteiger partial charge on any atom is -0.298 e. The summed E-state index contributed by atoms with van der Waals surface area (Å²) in [5.74, 6) is -0.559. The van der Waals surface area contributed by atoms with Crippen LogP contribution in [-0.4, -0.2) is 5.78 Å². The van der Waals surface area contributed by atoms with E-state index in [-0.39, 0.29) is 22.8 Å². The van der Waals surface area contributed by atoms with Crippen LogP contribution in [0.1, 0.15) is 28.4 Å². The van der Waals surface area contributed by atoms with Crippen molar-refractivity contribution in [1.29, 1.82) is 0 Å². The number of Topliss-reactive ketones (excluding diaryl/α,β-unsaturated/α-hetero) is 1. The number of halogens is 5. The van der Waals surface area contributed by atoms with E-state index < -0.39 is 16.6 Å². The van der Waals surface area contributed by atoms with Crippen molar-refractivity contribution in [2.75, 3.05) is 0 Å². The Labute approximate surface area is 110 Å². The number of hydrogen-bond donors (Lipinski definition) is 0.